The molecule has 6 rings (SSSR count). The first-order valence-corrected chi connectivity index (χ1v) is 12.0. The fraction of sp³-hybridized carbons (Fsp3) is 0. The molecule has 0 saturated carbocycles. The molecule has 0 aliphatic heterocycles. The summed E-state index contributed by atoms with van der Waals surface area (Å²) in [6.45, 7) is 0. The number of nitrogens with zero attached hydrogens (tertiary/aromatic N) is 4. The lowest BCUT2D eigenvalue weighted by Crippen LogP contribution is -1.88. The van der Waals surface area contributed by atoms with Crippen molar-refractivity contribution in [2.75, 3.05) is 0 Å². The summed E-state index contributed by atoms with van der Waals surface area (Å²) in [7, 11) is 0. The molecular formula is C32H22N4O. The average Bonchev–Trinajstić information content (AvgIpc) is 2.96. The molecule has 37 heavy (non-hydrogen) atoms. The molecule has 0 N–H and O–H groups in total. The summed E-state index contributed by atoms with van der Waals surface area (Å²) < 4.78 is 5.98. The molecule has 5 heteroatoms. The van der Waals surface area contributed by atoms with Gasteiger partial charge in [-0.05, 0) is 72.8 Å². The van der Waals surface area contributed by atoms with Crippen LogP contribution < -0.4 is 4.74 Å². The van der Waals surface area contributed by atoms with Gasteiger partial charge in [0.25, 0.3) is 0 Å². The minimum atomic E-state index is 0.736. The van der Waals surface area contributed by atoms with E-state index in [1.54, 1.807) is 12.4 Å². The molecule has 2 heterocycles. The third-order valence-corrected chi connectivity index (χ3v) is 5.84. The lowest BCUT2D eigenvalue weighted by molar-refractivity contribution is 0.483. The number of aliphatic imine (C=N–C) groups is 2. The summed E-state index contributed by atoms with van der Waals surface area (Å²) in [6.07, 6.45) is 3.55. The van der Waals surface area contributed by atoms with Crippen LogP contribution in [0.15, 0.2) is 131 Å². The Morgan fingerprint density at radius 1 is 0.459 bits per heavy atom. The van der Waals surface area contributed by atoms with E-state index in [0.29, 0.717) is 0 Å². The lowest BCUT2D eigenvalue weighted by Gasteiger charge is -2.06. The molecule has 0 aliphatic carbocycles. The Kier molecular flexibility index (Phi) is 6.16. The van der Waals surface area contributed by atoms with Crippen LogP contribution in [0.25, 0.3) is 21.8 Å². The van der Waals surface area contributed by atoms with Crippen molar-refractivity contribution in [3.05, 3.63) is 133 Å². The van der Waals surface area contributed by atoms with Crippen molar-refractivity contribution in [1.29, 1.82) is 0 Å². The van der Waals surface area contributed by atoms with Gasteiger partial charge in [0.15, 0.2) is 0 Å². The number of aromatic nitrogens is 2. The second-order valence-corrected chi connectivity index (χ2v) is 8.46. The fourth-order valence-electron chi connectivity index (χ4n) is 3.93. The summed E-state index contributed by atoms with van der Waals surface area (Å²) in [6, 6.07) is 39.4. The van der Waals surface area contributed by atoms with Crippen LogP contribution in [0.5, 0.6) is 11.5 Å². The Hall–Kier alpha value is -5.16. The van der Waals surface area contributed by atoms with E-state index in [-0.39, 0.29) is 0 Å². The van der Waals surface area contributed by atoms with Crippen LogP contribution in [-0.2, 0) is 0 Å². The van der Waals surface area contributed by atoms with E-state index in [4.69, 9.17) is 4.74 Å². The van der Waals surface area contributed by atoms with Crippen molar-refractivity contribution in [2.24, 2.45) is 9.98 Å². The zero-order valence-corrected chi connectivity index (χ0v) is 19.9. The van der Waals surface area contributed by atoms with Gasteiger partial charge in [-0.3, -0.25) is 9.98 Å². The maximum atomic E-state index is 5.98. The van der Waals surface area contributed by atoms with Crippen molar-refractivity contribution in [2.45, 2.75) is 0 Å². The van der Waals surface area contributed by atoms with Gasteiger partial charge in [0.1, 0.15) is 11.5 Å². The Labute approximate surface area is 214 Å². The molecule has 0 fully saturated rings. The number of benzene rings is 4. The molecule has 5 nitrogen and oxygen atoms in total. The predicted octanol–water partition coefficient (Wildman–Crippen LogP) is 8.08. The first kappa shape index (κ1) is 22.3. The van der Waals surface area contributed by atoms with E-state index in [0.717, 1.165) is 56.1 Å². The number of rotatable bonds is 6. The van der Waals surface area contributed by atoms with Gasteiger partial charge in [-0.1, -0.05) is 48.5 Å². The summed E-state index contributed by atoms with van der Waals surface area (Å²) in [5.74, 6) is 1.47. The Balaban J connectivity index is 1.08. The van der Waals surface area contributed by atoms with Crippen LogP contribution in [0.3, 0.4) is 0 Å². The molecule has 0 bridgehead atoms. The topological polar surface area (TPSA) is 59.7 Å². The highest BCUT2D eigenvalue weighted by Crippen LogP contribution is 2.26. The van der Waals surface area contributed by atoms with E-state index in [9.17, 15) is 0 Å². The molecular weight excluding hydrogens is 456 g/mol. The number of ether oxygens (including phenoxy) is 1. The highest BCUT2D eigenvalue weighted by atomic mass is 16.5. The molecule has 6 aromatic rings. The normalized spacial score (nSPS) is 11.6. The van der Waals surface area contributed by atoms with Gasteiger partial charge in [0.2, 0.25) is 0 Å². The van der Waals surface area contributed by atoms with E-state index in [1.807, 2.05) is 109 Å². The maximum absolute atomic E-state index is 5.98. The molecule has 0 spiro atoms. The molecule has 0 saturated heterocycles. The van der Waals surface area contributed by atoms with Gasteiger partial charge in [-0.2, -0.15) is 0 Å². The van der Waals surface area contributed by atoms with Crippen molar-refractivity contribution < 1.29 is 4.74 Å². The van der Waals surface area contributed by atoms with Crippen LogP contribution in [-0.4, -0.2) is 22.4 Å². The summed E-state index contributed by atoms with van der Waals surface area (Å²) in [5.41, 5.74) is 5.20. The van der Waals surface area contributed by atoms with E-state index in [1.165, 1.54) is 0 Å². The molecule has 2 aromatic heterocycles. The number of para-hydroxylation sites is 2. The van der Waals surface area contributed by atoms with Crippen molar-refractivity contribution in [1.82, 2.24) is 9.97 Å². The molecule has 0 atom stereocenters. The van der Waals surface area contributed by atoms with Crippen LogP contribution in [0.2, 0.25) is 0 Å². The second kappa shape index (κ2) is 10.2. The van der Waals surface area contributed by atoms with Gasteiger partial charge in [0, 0.05) is 10.8 Å². The summed E-state index contributed by atoms with van der Waals surface area (Å²) in [5, 5.41) is 2.23. The van der Waals surface area contributed by atoms with Gasteiger partial charge in [-0.15, -0.1) is 0 Å². The zero-order chi connectivity index (χ0) is 24.9. The number of pyridine rings is 2. The Morgan fingerprint density at radius 3 is 1.35 bits per heavy atom. The molecule has 0 amide bonds. The molecule has 176 valence electrons. The monoisotopic (exact) mass is 478 g/mol. The smallest absolute Gasteiger partial charge is 0.127 e. The van der Waals surface area contributed by atoms with Crippen LogP contribution >= 0.6 is 0 Å². The third-order valence-electron chi connectivity index (χ3n) is 5.84. The maximum Gasteiger partial charge on any atom is 0.127 e. The fourth-order valence-corrected chi connectivity index (χ4v) is 3.93. The first-order valence-electron chi connectivity index (χ1n) is 12.0. The van der Waals surface area contributed by atoms with E-state index >= 15 is 0 Å². The van der Waals surface area contributed by atoms with Gasteiger partial charge >= 0.3 is 0 Å². The average molecular weight is 479 g/mol. The van der Waals surface area contributed by atoms with Gasteiger partial charge < -0.3 is 4.74 Å². The number of hydrogen-bond acceptors (Lipinski definition) is 5. The van der Waals surface area contributed by atoms with Crippen molar-refractivity contribution in [3.63, 3.8) is 0 Å². The van der Waals surface area contributed by atoms with E-state index < -0.39 is 0 Å². The number of fused-ring (bicyclic) bond motifs is 2. The molecule has 4 aromatic carbocycles. The summed E-state index contributed by atoms with van der Waals surface area (Å²) in [4.78, 5) is 18.3. The Bertz CT molecular complexity index is 1610. The largest absolute Gasteiger partial charge is 0.457 e. The van der Waals surface area contributed by atoms with Crippen molar-refractivity contribution in [3.8, 4) is 11.5 Å². The van der Waals surface area contributed by atoms with Crippen molar-refractivity contribution >= 4 is 45.6 Å². The van der Waals surface area contributed by atoms with Gasteiger partial charge in [0.05, 0.1) is 46.2 Å². The quantitative estimate of drug-likeness (QED) is 0.227. The summed E-state index contributed by atoms with van der Waals surface area (Å²) >= 11 is 0. The Morgan fingerprint density at radius 2 is 0.892 bits per heavy atom. The molecule has 0 unspecified atom stereocenters. The highest BCUT2D eigenvalue weighted by Gasteiger charge is 2.00. The lowest BCUT2D eigenvalue weighted by atomic mass is 10.2. The number of hydrogen-bond donors (Lipinski definition) is 0. The standard InChI is InChI=1S/C32H22N4O/c1-3-7-31-23(5-1)9-11-27(35-31)21-33-25-13-17-29(18-14-25)37-30-19-15-26(16-20-30)34-22-28-12-10-24-6-2-4-8-32(24)36-28/h1-22H. The SMILES string of the molecule is C(=Nc1ccc(Oc2ccc(N=Cc3ccc4ccccc4n3)cc2)cc1)c1ccc2ccccc2n1. The first-order chi connectivity index (χ1) is 18.3. The minimum absolute atomic E-state index is 0.736. The molecule has 0 radical (unpaired) electrons. The van der Waals surface area contributed by atoms with Crippen LogP contribution in [0.1, 0.15) is 11.4 Å². The van der Waals surface area contributed by atoms with Crippen LogP contribution in [0.4, 0.5) is 11.4 Å². The molecule has 0 aliphatic rings. The predicted molar refractivity (Wildman–Crippen MR) is 151 cm³/mol. The minimum Gasteiger partial charge on any atom is -0.457 e. The van der Waals surface area contributed by atoms with Gasteiger partial charge in [-0.25, -0.2) is 9.97 Å². The highest BCUT2D eigenvalue weighted by molar-refractivity contribution is 5.87. The van der Waals surface area contributed by atoms with Crippen LogP contribution in [0, 0.1) is 0 Å². The zero-order valence-electron chi connectivity index (χ0n) is 19.9. The second-order valence-electron chi connectivity index (χ2n) is 8.46. The third kappa shape index (κ3) is 5.41. The van der Waals surface area contributed by atoms with E-state index in [2.05, 4.69) is 32.1 Å².